The van der Waals surface area contributed by atoms with Crippen molar-refractivity contribution in [2.24, 2.45) is 13.0 Å². The number of carbonyl (C=O) groups excluding carboxylic acids is 2. The SMILES string of the molecule is Cn1nc(N2CCC(=O)NC2=O)c2ccc(N3CCC(CC(=O)O)CC3)cc21. The summed E-state index contributed by atoms with van der Waals surface area (Å²) < 4.78 is 1.75. The van der Waals surface area contributed by atoms with Crippen LogP contribution in [0.5, 0.6) is 0 Å². The van der Waals surface area contributed by atoms with Crippen LogP contribution in [-0.4, -0.2) is 52.4 Å². The van der Waals surface area contributed by atoms with Gasteiger partial charge in [-0.1, -0.05) is 0 Å². The van der Waals surface area contributed by atoms with Crippen molar-refractivity contribution in [3.05, 3.63) is 18.2 Å². The molecule has 9 heteroatoms. The monoisotopic (exact) mass is 385 g/mol. The van der Waals surface area contributed by atoms with Crippen LogP contribution in [-0.2, 0) is 16.6 Å². The predicted octanol–water partition coefficient (Wildman–Crippen LogP) is 1.71. The molecule has 0 unspecified atom stereocenters. The highest BCUT2D eigenvalue weighted by molar-refractivity contribution is 6.09. The second-order valence-electron chi connectivity index (χ2n) is 7.43. The molecule has 3 heterocycles. The molecule has 0 saturated carbocycles. The van der Waals surface area contributed by atoms with E-state index in [0.717, 1.165) is 42.5 Å². The van der Waals surface area contributed by atoms with Crippen LogP contribution < -0.4 is 15.1 Å². The lowest BCUT2D eigenvalue weighted by atomic mass is 9.93. The number of urea groups is 1. The highest BCUT2D eigenvalue weighted by Gasteiger charge is 2.28. The van der Waals surface area contributed by atoms with Gasteiger partial charge in [-0.3, -0.25) is 24.5 Å². The summed E-state index contributed by atoms with van der Waals surface area (Å²) in [5, 5.41) is 16.7. The molecule has 9 nitrogen and oxygen atoms in total. The van der Waals surface area contributed by atoms with Gasteiger partial charge in [-0.15, -0.1) is 0 Å². The fraction of sp³-hybridized carbons (Fsp3) is 0.474. The number of rotatable bonds is 4. The van der Waals surface area contributed by atoms with Gasteiger partial charge in [0.15, 0.2) is 5.82 Å². The van der Waals surface area contributed by atoms with Crippen LogP contribution in [0.15, 0.2) is 18.2 Å². The Hall–Kier alpha value is -3.10. The molecule has 0 aliphatic carbocycles. The van der Waals surface area contributed by atoms with E-state index in [0.29, 0.717) is 12.4 Å². The third-order valence-electron chi connectivity index (χ3n) is 5.57. The molecule has 0 radical (unpaired) electrons. The number of amides is 3. The summed E-state index contributed by atoms with van der Waals surface area (Å²) in [7, 11) is 1.84. The minimum Gasteiger partial charge on any atom is -0.481 e. The molecule has 2 aliphatic rings. The van der Waals surface area contributed by atoms with Gasteiger partial charge < -0.3 is 10.0 Å². The molecular weight excluding hydrogens is 362 g/mol. The van der Waals surface area contributed by atoms with Crippen molar-refractivity contribution in [3.63, 3.8) is 0 Å². The number of carboxylic acids is 1. The van der Waals surface area contributed by atoms with Crippen LogP contribution in [0, 0.1) is 5.92 Å². The molecule has 4 rings (SSSR count). The fourth-order valence-corrected chi connectivity index (χ4v) is 4.03. The second-order valence-corrected chi connectivity index (χ2v) is 7.43. The Kier molecular flexibility index (Phi) is 4.66. The Morgan fingerprint density at radius 3 is 2.68 bits per heavy atom. The van der Waals surface area contributed by atoms with Crippen molar-refractivity contribution in [2.45, 2.75) is 25.7 Å². The molecule has 1 aromatic heterocycles. The molecule has 148 valence electrons. The maximum atomic E-state index is 12.2. The molecule has 2 aliphatic heterocycles. The topological polar surface area (TPSA) is 108 Å². The average molecular weight is 385 g/mol. The van der Waals surface area contributed by atoms with Crippen LogP contribution in [0.25, 0.3) is 10.9 Å². The highest BCUT2D eigenvalue weighted by atomic mass is 16.4. The smallest absolute Gasteiger partial charge is 0.329 e. The van der Waals surface area contributed by atoms with Gasteiger partial charge in [0.05, 0.1) is 5.52 Å². The number of piperidine rings is 1. The minimum atomic E-state index is -0.731. The number of aromatic nitrogens is 2. The van der Waals surface area contributed by atoms with E-state index in [1.54, 1.807) is 4.68 Å². The van der Waals surface area contributed by atoms with Gasteiger partial charge in [0.25, 0.3) is 0 Å². The summed E-state index contributed by atoms with van der Waals surface area (Å²) in [5.41, 5.74) is 1.97. The molecule has 3 amide bonds. The average Bonchev–Trinajstić information content (AvgIpc) is 2.98. The number of benzene rings is 1. The first-order valence-electron chi connectivity index (χ1n) is 9.47. The third-order valence-corrected chi connectivity index (χ3v) is 5.57. The summed E-state index contributed by atoms with van der Waals surface area (Å²) in [4.78, 5) is 38.2. The zero-order valence-corrected chi connectivity index (χ0v) is 15.7. The lowest BCUT2D eigenvalue weighted by Crippen LogP contribution is -2.49. The van der Waals surface area contributed by atoms with Crippen molar-refractivity contribution in [2.75, 3.05) is 29.4 Å². The number of hydrogen-bond acceptors (Lipinski definition) is 5. The summed E-state index contributed by atoms with van der Waals surface area (Å²) >= 11 is 0. The Morgan fingerprint density at radius 1 is 1.25 bits per heavy atom. The van der Waals surface area contributed by atoms with Crippen LogP contribution in [0.4, 0.5) is 16.3 Å². The van der Waals surface area contributed by atoms with E-state index in [9.17, 15) is 14.4 Å². The Bertz CT molecular complexity index is 945. The van der Waals surface area contributed by atoms with Crippen molar-refractivity contribution in [1.82, 2.24) is 15.1 Å². The second kappa shape index (κ2) is 7.14. The quantitative estimate of drug-likeness (QED) is 0.830. The predicted molar refractivity (Wildman–Crippen MR) is 103 cm³/mol. The Labute approximate surface area is 161 Å². The molecule has 0 atom stereocenters. The number of carbonyl (C=O) groups is 3. The van der Waals surface area contributed by atoms with E-state index in [1.807, 2.05) is 19.2 Å². The third kappa shape index (κ3) is 3.39. The van der Waals surface area contributed by atoms with Gasteiger partial charge in [0, 0.05) is 50.6 Å². The van der Waals surface area contributed by atoms with E-state index in [2.05, 4.69) is 21.4 Å². The molecule has 2 N–H and O–H groups in total. The molecule has 2 fully saturated rings. The highest BCUT2D eigenvalue weighted by Crippen LogP contribution is 2.32. The molecule has 2 saturated heterocycles. The number of fused-ring (bicyclic) bond motifs is 1. The zero-order chi connectivity index (χ0) is 19.8. The van der Waals surface area contributed by atoms with Crippen LogP contribution in [0.3, 0.4) is 0 Å². The van der Waals surface area contributed by atoms with E-state index in [4.69, 9.17) is 5.11 Å². The minimum absolute atomic E-state index is 0.234. The number of carboxylic acid groups (broad SMARTS) is 1. The zero-order valence-electron chi connectivity index (χ0n) is 15.7. The van der Waals surface area contributed by atoms with Gasteiger partial charge in [0.1, 0.15) is 0 Å². The number of aliphatic carboxylic acids is 1. The standard InChI is InChI=1S/C19H23N5O4/c1-22-15-11-13(23-7-4-12(5-8-23)10-17(26)27)2-3-14(15)18(21-22)24-9-6-16(25)20-19(24)28/h2-3,11-12H,4-10H2,1H3,(H,26,27)(H,20,25,28). The lowest BCUT2D eigenvalue weighted by Gasteiger charge is -2.33. The molecule has 0 bridgehead atoms. The molecule has 2 aromatic rings. The molecule has 0 spiro atoms. The van der Waals surface area contributed by atoms with Gasteiger partial charge in [-0.05, 0) is 37.0 Å². The van der Waals surface area contributed by atoms with Crippen LogP contribution in [0.1, 0.15) is 25.7 Å². The summed E-state index contributed by atoms with van der Waals surface area (Å²) in [6.07, 6.45) is 2.22. The lowest BCUT2D eigenvalue weighted by molar-refractivity contribution is -0.138. The van der Waals surface area contributed by atoms with E-state index in [-0.39, 0.29) is 24.7 Å². The van der Waals surface area contributed by atoms with Gasteiger partial charge in [-0.2, -0.15) is 5.10 Å². The number of aryl methyl sites for hydroxylation is 1. The van der Waals surface area contributed by atoms with Crippen LogP contribution >= 0.6 is 0 Å². The molecule has 1 aromatic carbocycles. The first-order valence-corrected chi connectivity index (χ1v) is 9.47. The van der Waals surface area contributed by atoms with Gasteiger partial charge in [-0.25, -0.2) is 4.79 Å². The maximum Gasteiger partial charge on any atom is 0.329 e. The largest absolute Gasteiger partial charge is 0.481 e. The summed E-state index contributed by atoms with van der Waals surface area (Å²) in [5.74, 6) is -0.212. The summed E-state index contributed by atoms with van der Waals surface area (Å²) in [6.45, 7) is 1.96. The fourth-order valence-electron chi connectivity index (χ4n) is 4.03. The number of hydrogen-bond donors (Lipinski definition) is 2. The van der Waals surface area contributed by atoms with Crippen molar-refractivity contribution >= 4 is 40.3 Å². The number of nitrogens with zero attached hydrogens (tertiary/aromatic N) is 4. The Morgan fingerprint density at radius 2 is 2.00 bits per heavy atom. The van der Waals surface area contributed by atoms with Gasteiger partial charge in [0.2, 0.25) is 5.91 Å². The first-order chi connectivity index (χ1) is 13.4. The van der Waals surface area contributed by atoms with Crippen molar-refractivity contribution in [1.29, 1.82) is 0 Å². The van der Waals surface area contributed by atoms with Gasteiger partial charge >= 0.3 is 12.0 Å². The van der Waals surface area contributed by atoms with Crippen molar-refractivity contribution in [3.8, 4) is 0 Å². The molecule has 28 heavy (non-hydrogen) atoms. The maximum absolute atomic E-state index is 12.2. The summed E-state index contributed by atoms with van der Waals surface area (Å²) in [6, 6.07) is 5.58. The number of anilines is 2. The molecular formula is C19H23N5O4. The van der Waals surface area contributed by atoms with E-state index in [1.165, 1.54) is 4.90 Å². The number of imide groups is 1. The van der Waals surface area contributed by atoms with E-state index < -0.39 is 12.0 Å². The normalized spacial score (nSPS) is 18.6. The van der Waals surface area contributed by atoms with Crippen LogP contribution in [0.2, 0.25) is 0 Å². The Balaban J connectivity index is 1.56. The van der Waals surface area contributed by atoms with E-state index >= 15 is 0 Å². The number of nitrogens with one attached hydrogen (secondary N) is 1. The first kappa shape index (κ1) is 18.3. The van der Waals surface area contributed by atoms with Crippen molar-refractivity contribution < 1.29 is 19.5 Å².